The van der Waals surface area contributed by atoms with Gasteiger partial charge >= 0.3 is 0 Å². The Kier molecular flexibility index (Phi) is 12.6. The summed E-state index contributed by atoms with van der Waals surface area (Å²) in [6.45, 7) is 13.5. The highest BCUT2D eigenvalue weighted by Gasteiger charge is 2.27. The van der Waals surface area contributed by atoms with Crippen LogP contribution in [0, 0.1) is 25.7 Å². The first-order valence-electron chi connectivity index (χ1n) is 22.0. The number of benzene rings is 2. The third kappa shape index (κ3) is 10.8. The molecule has 2 saturated carbocycles. The van der Waals surface area contributed by atoms with Crippen LogP contribution in [0.1, 0.15) is 110 Å². The fourth-order valence-electron chi connectivity index (χ4n) is 7.86. The van der Waals surface area contributed by atoms with Crippen molar-refractivity contribution in [3.63, 3.8) is 0 Å². The van der Waals surface area contributed by atoms with Gasteiger partial charge in [0.25, 0.3) is 0 Å². The van der Waals surface area contributed by atoms with Crippen molar-refractivity contribution in [2.24, 2.45) is 11.8 Å². The molecule has 0 amide bonds. The summed E-state index contributed by atoms with van der Waals surface area (Å²) in [6.07, 6.45) is 12.6. The first kappa shape index (κ1) is 44.1. The number of hydrogen-bond acceptors (Lipinski definition) is 11. The summed E-state index contributed by atoms with van der Waals surface area (Å²) in [5, 5.41) is 39.9. The zero-order valence-corrected chi connectivity index (χ0v) is 37.8. The van der Waals surface area contributed by atoms with Crippen molar-refractivity contribution in [1.29, 1.82) is 0 Å². The molecular formula is C49H58ClN9O4. The van der Waals surface area contributed by atoms with Crippen LogP contribution >= 0.6 is 11.6 Å². The van der Waals surface area contributed by atoms with Gasteiger partial charge in [0.15, 0.2) is 28.0 Å². The molecule has 5 heterocycles. The second-order valence-corrected chi connectivity index (χ2v) is 19.2. The van der Waals surface area contributed by atoms with Crippen molar-refractivity contribution >= 4 is 51.4 Å². The maximum Gasteiger partial charge on any atom is 0.177 e. The maximum atomic E-state index is 12.7. The van der Waals surface area contributed by atoms with Gasteiger partial charge < -0.3 is 26.2 Å². The molecule has 2 aliphatic carbocycles. The third-order valence-corrected chi connectivity index (χ3v) is 11.9. The van der Waals surface area contributed by atoms with E-state index in [2.05, 4.69) is 43.2 Å². The van der Waals surface area contributed by atoms with Gasteiger partial charge in [-0.15, -0.1) is 0 Å². The molecule has 0 saturated heterocycles. The van der Waals surface area contributed by atoms with Crippen molar-refractivity contribution in [2.45, 2.75) is 97.7 Å². The molecule has 1 aliphatic heterocycles. The normalized spacial score (nSPS) is 15.5. The highest BCUT2D eigenvalue weighted by Crippen LogP contribution is 2.36. The van der Waals surface area contributed by atoms with Crippen LogP contribution in [0.15, 0.2) is 67.0 Å². The van der Waals surface area contributed by atoms with E-state index in [1.54, 1.807) is 44.5 Å². The van der Waals surface area contributed by atoms with Gasteiger partial charge in [-0.05, 0) is 127 Å². The summed E-state index contributed by atoms with van der Waals surface area (Å²) in [4.78, 5) is 34.3. The van der Waals surface area contributed by atoms with E-state index >= 15 is 0 Å². The van der Waals surface area contributed by atoms with Gasteiger partial charge in [-0.25, -0.2) is 19.0 Å². The lowest BCUT2D eigenvalue weighted by molar-refractivity contribution is 0.0939. The lowest BCUT2D eigenvalue weighted by Gasteiger charge is -2.20. The largest absolute Gasteiger partial charge is 0.389 e. The molecule has 14 heteroatoms. The van der Waals surface area contributed by atoms with Gasteiger partial charge in [0.1, 0.15) is 0 Å². The van der Waals surface area contributed by atoms with Crippen LogP contribution in [-0.4, -0.2) is 88.4 Å². The van der Waals surface area contributed by atoms with Crippen LogP contribution in [0.2, 0.25) is 5.15 Å². The van der Waals surface area contributed by atoms with Gasteiger partial charge in [0.05, 0.1) is 52.1 Å². The minimum Gasteiger partial charge on any atom is -0.389 e. The Morgan fingerprint density at radius 3 is 1.68 bits per heavy atom. The Morgan fingerprint density at radius 2 is 1.24 bits per heavy atom. The highest BCUT2D eigenvalue weighted by molar-refractivity contribution is 6.29. The second kappa shape index (κ2) is 18.0. The van der Waals surface area contributed by atoms with E-state index in [0.29, 0.717) is 59.9 Å². The standard InChI is InChI=1S/C27H33N5O2.C22H25ClN4O2/c1-17-12-20(6-7-21(17)25(33)13-18-4-5-18)24-15-29-26-23(30-16-27(2,3)34)14-22(31-32(24)26)19-8-10-28-11-9-19;1-13-8-15(6-7-16(13)19(28)9-14-4-5-14)18-11-24-21-17(25-12-22(2,3)29)10-20(23)26-27(18)21/h6-8,12,14-15,18,28,30,34H,4-5,9-11,13,16H2,1-3H3;6-8,10-11,14,25,29H,4-5,9,12H2,1-3H3. The fourth-order valence-corrected chi connectivity index (χ4v) is 8.04. The Morgan fingerprint density at radius 1 is 0.746 bits per heavy atom. The van der Waals surface area contributed by atoms with Crippen molar-refractivity contribution in [1.82, 2.24) is 34.5 Å². The van der Waals surface area contributed by atoms with Crippen LogP contribution in [-0.2, 0) is 0 Å². The topological polar surface area (TPSA) is 171 Å². The van der Waals surface area contributed by atoms with Crippen molar-refractivity contribution in [3.05, 3.63) is 100 Å². The van der Waals surface area contributed by atoms with Crippen LogP contribution in [0.3, 0.4) is 0 Å². The number of fused-ring (bicyclic) bond motifs is 2. The van der Waals surface area contributed by atoms with E-state index in [1.807, 2.05) is 61.0 Å². The Labute approximate surface area is 373 Å². The van der Waals surface area contributed by atoms with Crippen LogP contribution in [0.4, 0.5) is 11.4 Å². The number of aryl methyl sites for hydroxylation is 2. The van der Waals surface area contributed by atoms with Crippen molar-refractivity contribution in [2.75, 3.05) is 36.8 Å². The molecule has 0 atom stereocenters. The van der Waals surface area contributed by atoms with Gasteiger partial charge in [-0.3, -0.25) is 9.59 Å². The molecule has 2 fully saturated rings. The SMILES string of the molecule is Cc1cc(-c2cnc3c(NCC(C)(C)O)cc(C4=CCNCC4)nn23)ccc1C(=O)CC1CC1.Cc1cc(-c2cnc3c(NCC(C)(C)O)cc(Cl)nn23)ccc1C(=O)CC1CC1. The summed E-state index contributed by atoms with van der Waals surface area (Å²) >= 11 is 6.24. The molecule has 4 aromatic heterocycles. The van der Waals surface area contributed by atoms with Gasteiger partial charge in [0.2, 0.25) is 0 Å². The zero-order chi connectivity index (χ0) is 44.6. The summed E-state index contributed by atoms with van der Waals surface area (Å²) in [7, 11) is 0. The molecule has 0 unspecified atom stereocenters. The molecule has 3 aliphatic rings. The Bertz CT molecular complexity index is 2720. The summed E-state index contributed by atoms with van der Waals surface area (Å²) in [5.74, 6) is 1.60. The zero-order valence-electron chi connectivity index (χ0n) is 37.1. The number of imidazole rings is 2. The highest BCUT2D eigenvalue weighted by atomic mass is 35.5. The summed E-state index contributed by atoms with van der Waals surface area (Å²) < 4.78 is 3.57. The molecule has 2 aromatic carbocycles. The van der Waals surface area contributed by atoms with Gasteiger partial charge in [0, 0.05) is 60.8 Å². The molecular weight excluding hydrogens is 814 g/mol. The van der Waals surface area contributed by atoms with Gasteiger partial charge in [-0.1, -0.05) is 41.9 Å². The number of ketones is 2. The van der Waals surface area contributed by atoms with E-state index in [4.69, 9.17) is 16.7 Å². The number of nitrogens with zero attached hydrogens (tertiary/aromatic N) is 6. The van der Waals surface area contributed by atoms with E-state index in [-0.39, 0.29) is 11.6 Å². The number of carbonyl (C=O) groups is 2. The summed E-state index contributed by atoms with van der Waals surface area (Å²) in [6, 6.07) is 15.6. The molecule has 0 spiro atoms. The minimum absolute atomic E-state index is 0.217. The molecule has 6 aromatic rings. The van der Waals surface area contributed by atoms with Gasteiger partial charge in [-0.2, -0.15) is 10.2 Å². The molecule has 9 rings (SSSR count). The van der Waals surface area contributed by atoms with Crippen LogP contribution < -0.4 is 16.0 Å². The number of rotatable bonds is 15. The fraction of sp³-hybridized carbons (Fsp3) is 0.429. The van der Waals surface area contributed by atoms with Crippen molar-refractivity contribution < 1.29 is 19.8 Å². The van der Waals surface area contributed by atoms with E-state index in [0.717, 1.165) is 75.7 Å². The first-order valence-corrected chi connectivity index (χ1v) is 22.4. The number of aliphatic hydroxyl groups is 2. The van der Waals surface area contributed by atoms with Crippen molar-refractivity contribution in [3.8, 4) is 22.5 Å². The molecule has 0 radical (unpaired) electrons. The number of anilines is 2. The van der Waals surface area contributed by atoms with E-state index in [9.17, 15) is 19.8 Å². The predicted octanol–water partition coefficient (Wildman–Crippen LogP) is 8.77. The second-order valence-electron chi connectivity index (χ2n) is 18.8. The molecule has 63 heavy (non-hydrogen) atoms. The first-order chi connectivity index (χ1) is 30.0. The molecule has 13 nitrogen and oxygen atoms in total. The van der Waals surface area contributed by atoms with E-state index < -0.39 is 11.2 Å². The average molecular weight is 873 g/mol. The lowest BCUT2D eigenvalue weighted by atomic mass is 9.98. The minimum atomic E-state index is -0.873. The number of carbonyl (C=O) groups excluding carboxylic acids is 2. The van der Waals surface area contributed by atoms with Crippen LogP contribution in [0.25, 0.3) is 39.4 Å². The number of aromatic nitrogens is 6. The number of nitrogens with one attached hydrogen (secondary N) is 3. The Balaban J connectivity index is 0.000000175. The van der Waals surface area contributed by atoms with Crippen LogP contribution in [0.5, 0.6) is 0 Å². The van der Waals surface area contributed by atoms with E-state index in [1.165, 1.54) is 31.3 Å². The Hall–Kier alpha value is -5.47. The number of halogens is 1. The maximum absolute atomic E-state index is 12.7. The number of hydrogen-bond donors (Lipinski definition) is 5. The molecule has 330 valence electrons. The average Bonchev–Trinajstić information content (AvgIpc) is 4.15. The monoisotopic (exact) mass is 871 g/mol. The third-order valence-electron chi connectivity index (χ3n) is 11.7. The summed E-state index contributed by atoms with van der Waals surface area (Å²) in [5.41, 5.74) is 10.3. The predicted molar refractivity (Wildman–Crippen MR) is 250 cm³/mol. The number of Topliss-reactive ketones (excluding diaryl/α,β-unsaturated/α-hetero) is 2. The quantitative estimate of drug-likeness (QED) is 0.0625. The molecule has 0 bridgehead atoms. The smallest absolute Gasteiger partial charge is 0.177 e. The molecule has 5 N–H and O–H groups in total. The lowest BCUT2D eigenvalue weighted by Crippen LogP contribution is -2.29.